The van der Waals surface area contributed by atoms with Gasteiger partial charge in [0.25, 0.3) is 0 Å². The molecule has 76 heavy (non-hydrogen) atoms. The molecule has 348 valence electrons. The van der Waals surface area contributed by atoms with Crippen LogP contribution >= 0.6 is 11.8 Å². The van der Waals surface area contributed by atoms with E-state index in [9.17, 15) is 0 Å². The van der Waals surface area contributed by atoms with Crippen LogP contribution in [0.3, 0.4) is 0 Å². The first-order chi connectivity index (χ1) is 37.4. The number of rotatable bonds is 3. The maximum atomic E-state index is 2.97. The highest BCUT2D eigenvalue weighted by Crippen LogP contribution is 3.01. The first kappa shape index (κ1) is 32.5. The Bertz CT molecular complexity index is 5710. The molecule has 11 aromatic rings. The summed E-state index contributed by atoms with van der Waals surface area (Å²) < 4.78 is 0.0242. The predicted molar refractivity (Wildman–Crippen MR) is 299 cm³/mol. The summed E-state index contributed by atoms with van der Waals surface area (Å²) in [5, 5.41) is 30.8. The molecule has 1 aliphatic heterocycles. The fraction of sp³-hybridized carbons (Fsp3) is 0.413. The zero-order valence-corrected chi connectivity index (χ0v) is 43.6. The third-order valence-electron chi connectivity index (χ3n) is 32.4. The smallest absolute Gasteiger partial charge is 0.0645 e. The highest BCUT2D eigenvalue weighted by atomic mass is 32.2. The molecule has 11 aromatic carbocycles. The predicted octanol–water partition coefficient (Wildman–Crippen LogP) is 17.9. The molecule has 0 nitrogen and oxygen atoms in total. The van der Waals surface area contributed by atoms with E-state index in [-0.39, 0.29) is 10.2 Å². The van der Waals surface area contributed by atoms with Crippen molar-refractivity contribution < 1.29 is 0 Å². The molecule has 23 aliphatic rings. The number of thioether (sulfide) groups is 1. The van der Waals surface area contributed by atoms with Gasteiger partial charge in [0.2, 0.25) is 0 Å². The first-order valence-corrected chi connectivity index (χ1v) is 32.3. The number of fused-ring (bicyclic) bond motifs is 1. The Morgan fingerprint density at radius 3 is 1.00 bits per heavy atom. The van der Waals surface area contributed by atoms with E-state index in [2.05, 4.69) is 104 Å². The minimum absolute atomic E-state index is 0.0146. The molecule has 22 unspecified atom stereocenters. The summed E-state index contributed by atoms with van der Waals surface area (Å²) in [6.07, 6.45) is 0. The second-order valence-corrected chi connectivity index (χ2v) is 34.0. The van der Waals surface area contributed by atoms with E-state index in [0.29, 0.717) is 136 Å². The van der Waals surface area contributed by atoms with Crippen LogP contribution in [0.1, 0.15) is 299 Å². The lowest BCUT2D eigenvalue weighted by Crippen LogP contribution is -2.62. The molecule has 22 aliphatic carbocycles. The summed E-state index contributed by atoms with van der Waals surface area (Å²) in [6.45, 7) is 15.7. The molecule has 1 heterocycles. The Hall–Kier alpha value is -5.37. The third-order valence-corrected chi connectivity index (χ3v) is 34.0. The molecule has 1 fully saturated rings. The van der Waals surface area contributed by atoms with E-state index in [4.69, 9.17) is 0 Å². The quantitative estimate of drug-likeness (QED) is 0.159. The van der Waals surface area contributed by atoms with Crippen molar-refractivity contribution in [3.63, 3.8) is 0 Å². The average Bonchev–Trinajstić information content (AvgIpc) is 2.07. The zero-order chi connectivity index (χ0) is 46.5. The van der Waals surface area contributed by atoms with Crippen LogP contribution in [0.4, 0.5) is 0 Å². The lowest BCUT2D eigenvalue weighted by molar-refractivity contribution is 0.0336. The first-order valence-electron chi connectivity index (χ1n) is 31.5. The van der Waals surface area contributed by atoms with Crippen LogP contribution in [0.25, 0.3) is 97.3 Å². The van der Waals surface area contributed by atoms with Crippen LogP contribution in [0.5, 0.6) is 0 Å². The fourth-order valence-corrected chi connectivity index (χ4v) is 35.9. The summed E-state index contributed by atoms with van der Waals surface area (Å²) in [7, 11) is 0. The van der Waals surface area contributed by atoms with Gasteiger partial charge in [0.1, 0.15) is 0 Å². The van der Waals surface area contributed by atoms with Crippen molar-refractivity contribution in [3.05, 3.63) is 140 Å². The second kappa shape index (κ2) is 7.68. The summed E-state index contributed by atoms with van der Waals surface area (Å²) >= 11 is 2.64. The molecule has 0 N–H and O–H groups in total. The molecule has 34 rings (SSSR count). The van der Waals surface area contributed by atoms with Crippen molar-refractivity contribution in [1.29, 1.82) is 0 Å². The van der Waals surface area contributed by atoms with Crippen molar-refractivity contribution in [3.8, 4) is 11.1 Å². The Morgan fingerprint density at radius 1 is 0.289 bits per heavy atom. The highest BCUT2D eigenvalue weighted by molar-refractivity contribution is 8.00. The standard InChI is InChI=1S/C75H42S/c1-8(2)11-7-12-69(14(10(5)6)13(11)9(3)4)74-70-61-53-43-33-25-17-15-16-19-23-21(17)29-37-31(23)41-35-27(19)28-20(16)24-22-18(15)26(25)34-40-30(22)38-32(24)42-36(28)46-45(35)57-51(41)59-49(37)55(47(53)39(29)33)63(70)65(59)72-67(57)68-58(46)52(42)60-50(38)56-48(40)54(44(34)43)62(61)71(74)64(56)66(60)73(68)75(72,74)76-12/h7-10,17,19,21,23,25,27,33,35,43-46,54,58,62,64,66,68,71,73H,1-6H3. The number of hydrogen-bond donors (Lipinski definition) is 0. The highest BCUT2D eigenvalue weighted by Gasteiger charge is 2.90. The van der Waals surface area contributed by atoms with Gasteiger partial charge < -0.3 is 0 Å². The Kier molecular flexibility index (Phi) is 3.29. The van der Waals surface area contributed by atoms with E-state index in [1.165, 1.54) is 0 Å². The molecule has 0 bridgehead atoms. The van der Waals surface area contributed by atoms with E-state index in [0.717, 1.165) is 0 Å². The van der Waals surface area contributed by atoms with Crippen LogP contribution in [0, 0.1) is 11.8 Å². The van der Waals surface area contributed by atoms with Gasteiger partial charge in [0, 0.05) is 10.3 Å². The SMILES string of the molecule is CC(C)c1cc2c(c(C(C)C)c1C(C)C)C13c4c5c6c7c8c9c%10c%11c%12c%13c%14c%15c(c%16c%13c%10c7c4-%16)C1(S2)C1C%15C2c4c7c%10c%13c%15c%16c%17c%18c%19c%20c%21c%22c%23c(c4c4c%22c%19c%16c%104)C2C%14C%12C%23C%21C%11C9C%20C%18C8C6C%17C%15C5C3C%13C71. The van der Waals surface area contributed by atoms with Gasteiger partial charge in [-0.25, -0.2) is 0 Å². The largest absolute Gasteiger partial charge is 0.112 e. The van der Waals surface area contributed by atoms with Crippen LogP contribution in [0.15, 0.2) is 11.0 Å². The lowest BCUT2D eigenvalue weighted by atomic mass is 9.39. The van der Waals surface area contributed by atoms with Crippen LogP contribution in [-0.2, 0) is 10.2 Å². The van der Waals surface area contributed by atoms with Gasteiger partial charge >= 0.3 is 0 Å². The maximum Gasteiger partial charge on any atom is 0.0645 e. The fourth-order valence-electron chi connectivity index (χ4n) is 33.8. The van der Waals surface area contributed by atoms with Gasteiger partial charge in [-0.2, -0.15) is 0 Å². The summed E-state index contributed by atoms with van der Waals surface area (Å²) in [4.78, 5) is 1.79. The van der Waals surface area contributed by atoms with Crippen LogP contribution < -0.4 is 0 Å². The normalized spacial score (nSPS) is 45.4. The Morgan fingerprint density at radius 2 is 0.592 bits per heavy atom. The van der Waals surface area contributed by atoms with Crippen LogP contribution in [-0.4, -0.2) is 0 Å². The summed E-state index contributed by atoms with van der Waals surface area (Å²) in [6, 6.07) is 2.97. The van der Waals surface area contributed by atoms with Crippen molar-refractivity contribution in [1.82, 2.24) is 0 Å². The van der Waals surface area contributed by atoms with Gasteiger partial charge in [0.05, 0.1) is 4.75 Å². The Labute approximate surface area is 438 Å². The van der Waals surface area contributed by atoms with Gasteiger partial charge in [0.15, 0.2) is 0 Å². The second-order valence-electron chi connectivity index (χ2n) is 32.7. The molecule has 0 aromatic heterocycles. The van der Waals surface area contributed by atoms with Gasteiger partial charge in [-0.1, -0.05) is 41.5 Å². The minimum Gasteiger partial charge on any atom is -0.112 e. The molecule has 0 radical (unpaired) electrons. The average molecular weight is 975 g/mol. The molecule has 22 atom stereocenters. The zero-order valence-electron chi connectivity index (χ0n) is 42.8. The maximum absolute atomic E-state index is 2.97. The van der Waals surface area contributed by atoms with Crippen molar-refractivity contribution in [2.24, 2.45) is 11.8 Å². The van der Waals surface area contributed by atoms with Crippen LogP contribution in [0.2, 0.25) is 0 Å². The summed E-state index contributed by atoms with van der Waals surface area (Å²) in [5.41, 5.74) is 52.0. The van der Waals surface area contributed by atoms with Crippen molar-refractivity contribution >= 4 is 97.9 Å². The molecule has 2 spiro atoms. The van der Waals surface area contributed by atoms with Crippen molar-refractivity contribution in [2.75, 3.05) is 0 Å². The topological polar surface area (TPSA) is 0 Å². The summed E-state index contributed by atoms with van der Waals surface area (Å²) in [5.74, 6) is 14.6. The van der Waals surface area contributed by atoms with Gasteiger partial charge in [-0.3, -0.25) is 0 Å². The Balaban J connectivity index is 0.984. The van der Waals surface area contributed by atoms with E-state index < -0.39 is 0 Å². The molecule has 1 heteroatoms. The van der Waals surface area contributed by atoms with E-state index in [1.807, 2.05) is 175 Å². The number of hydrogen-bond acceptors (Lipinski definition) is 1. The van der Waals surface area contributed by atoms with Gasteiger partial charge in [-0.05, 0) is 373 Å². The third kappa shape index (κ3) is 1.86. The molecule has 0 amide bonds. The monoisotopic (exact) mass is 974 g/mol. The van der Waals surface area contributed by atoms with Crippen molar-refractivity contribution in [2.45, 2.75) is 181 Å². The molecular formula is C75H42S. The minimum atomic E-state index is -0.0146. The molecule has 1 saturated carbocycles. The van der Waals surface area contributed by atoms with E-state index >= 15 is 0 Å². The number of benzene rings is 10. The molecule has 0 saturated heterocycles. The van der Waals surface area contributed by atoms with Gasteiger partial charge in [-0.15, -0.1) is 11.8 Å². The lowest BCUT2D eigenvalue weighted by Gasteiger charge is -2.65. The van der Waals surface area contributed by atoms with E-state index in [1.54, 1.807) is 16.0 Å². The molecular weight excluding hydrogens is 933 g/mol.